The lowest BCUT2D eigenvalue weighted by Gasteiger charge is -2.12. The highest BCUT2D eigenvalue weighted by Crippen LogP contribution is 2.38. The molecule has 1 aliphatic carbocycles. The third-order valence-corrected chi connectivity index (χ3v) is 5.20. The Hall–Kier alpha value is -2.08. The Bertz CT molecular complexity index is 809. The third kappa shape index (κ3) is 2.43. The second-order valence-electron chi connectivity index (χ2n) is 5.64. The van der Waals surface area contributed by atoms with Crippen LogP contribution in [0.2, 0.25) is 0 Å². The Kier molecular flexibility index (Phi) is 3.46. The molecule has 0 spiro atoms. The molecule has 22 heavy (non-hydrogen) atoms. The number of hydrogen-bond donors (Lipinski definition) is 1. The Labute approximate surface area is 132 Å². The van der Waals surface area contributed by atoms with E-state index >= 15 is 0 Å². The molecule has 0 saturated heterocycles. The number of nitrogens with zero attached hydrogens (tertiary/aromatic N) is 4. The van der Waals surface area contributed by atoms with Gasteiger partial charge in [0.15, 0.2) is 0 Å². The van der Waals surface area contributed by atoms with E-state index in [9.17, 15) is 0 Å². The summed E-state index contributed by atoms with van der Waals surface area (Å²) in [5, 5.41) is 4.59. The summed E-state index contributed by atoms with van der Waals surface area (Å²) in [4.78, 5) is 20.1. The zero-order valence-corrected chi connectivity index (χ0v) is 13.3. The first-order valence-corrected chi connectivity index (χ1v) is 8.39. The minimum absolute atomic E-state index is 0.580. The number of fused-ring (bicyclic) bond motifs is 3. The Morgan fingerprint density at radius 1 is 1.09 bits per heavy atom. The molecule has 0 atom stereocenters. The molecule has 0 saturated carbocycles. The molecule has 0 aliphatic heterocycles. The van der Waals surface area contributed by atoms with Gasteiger partial charge in [0.1, 0.15) is 22.8 Å². The molecule has 0 radical (unpaired) electrons. The van der Waals surface area contributed by atoms with E-state index in [1.54, 1.807) is 6.33 Å². The molecular formula is C16H17N5S. The van der Waals surface area contributed by atoms with Crippen LogP contribution in [0.25, 0.3) is 10.2 Å². The van der Waals surface area contributed by atoms with Crippen molar-refractivity contribution in [3.8, 4) is 0 Å². The fraction of sp³-hybridized carbons (Fsp3) is 0.375. The van der Waals surface area contributed by atoms with Gasteiger partial charge in [0.2, 0.25) is 0 Å². The van der Waals surface area contributed by atoms with Gasteiger partial charge in [-0.2, -0.15) is 0 Å². The zero-order valence-electron chi connectivity index (χ0n) is 12.5. The van der Waals surface area contributed by atoms with Gasteiger partial charge >= 0.3 is 0 Å². The SMILES string of the molecule is Cc1cnc(CNc2ncnc3sc4c(c23)CCCC4)nc1. The van der Waals surface area contributed by atoms with Crippen molar-refractivity contribution in [2.45, 2.75) is 39.2 Å². The van der Waals surface area contributed by atoms with Gasteiger partial charge in [0.25, 0.3) is 0 Å². The average Bonchev–Trinajstić information content (AvgIpc) is 2.93. The van der Waals surface area contributed by atoms with Crippen LogP contribution >= 0.6 is 11.3 Å². The van der Waals surface area contributed by atoms with Gasteiger partial charge in [-0.25, -0.2) is 19.9 Å². The van der Waals surface area contributed by atoms with Crippen molar-refractivity contribution in [2.24, 2.45) is 0 Å². The topological polar surface area (TPSA) is 63.6 Å². The van der Waals surface area contributed by atoms with Crippen LogP contribution in [-0.2, 0) is 19.4 Å². The predicted octanol–water partition coefficient (Wildman–Crippen LogP) is 3.28. The molecule has 3 aromatic heterocycles. The highest BCUT2D eigenvalue weighted by molar-refractivity contribution is 7.19. The van der Waals surface area contributed by atoms with Crippen LogP contribution in [0.1, 0.15) is 34.7 Å². The normalized spacial score (nSPS) is 14.0. The Balaban J connectivity index is 1.66. The van der Waals surface area contributed by atoms with Gasteiger partial charge in [-0.05, 0) is 43.7 Å². The van der Waals surface area contributed by atoms with Crippen LogP contribution in [0, 0.1) is 6.92 Å². The first-order valence-electron chi connectivity index (χ1n) is 7.58. The summed E-state index contributed by atoms with van der Waals surface area (Å²) in [5.74, 6) is 1.69. The summed E-state index contributed by atoms with van der Waals surface area (Å²) < 4.78 is 0. The quantitative estimate of drug-likeness (QED) is 0.804. The summed E-state index contributed by atoms with van der Waals surface area (Å²) in [5.41, 5.74) is 2.51. The summed E-state index contributed by atoms with van der Waals surface area (Å²) in [6, 6.07) is 0. The zero-order chi connectivity index (χ0) is 14.9. The molecule has 4 rings (SSSR count). The number of nitrogens with one attached hydrogen (secondary N) is 1. The second kappa shape index (κ2) is 5.61. The molecule has 1 N–H and O–H groups in total. The number of thiophene rings is 1. The van der Waals surface area contributed by atoms with E-state index in [1.165, 1.54) is 35.1 Å². The molecule has 0 amide bonds. The first kappa shape index (κ1) is 13.6. The van der Waals surface area contributed by atoms with Crippen molar-refractivity contribution in [3.63, 3.8) is 0 Å². The molecule has 3 aromatic rings. The van der Waals surface area contributed by atoms with Crippen molar-refractivity contribution in [3.05, 3.63) is 40.5 Å². The van der Waals surface area contributed by atoms with Crippen LogP contribution in [0.3, 0.4) is 0 Å². The van der Waals surface area contributed by atoms with Gasteiger partial charge in [0.05, 0.1) is 11.9 Å². The maximum absolute atomic E-state index is 4.45. The molecule has 0 fully saturated rings. The van der Waals surface area contributed by atoms with E-state index < -0.39 is 0 Å². The monoisotopic (exact) mass is 311 g/mol. The second-order valence-corrected chi connectivity index (χ2v) is 6.73. The first-order chi connectivity index (χ1) is 10.8. The fourth-order valence-electron chi connectivity index (χ4n) is 2.90. The van der Waals surface area contributed by atoms with Crippen LogP contribution in [0.5, 0.6) is 0 Å². The van der Waals surface area contributed by atoms with Gasteiger partial charge in [0, 0.05) is 17.3 Å². The molecule has 0 aromatic carbocycles. The van der Waals surface area contributed by atoms with E-state index in [2.05, 4.69) is 25.3 Å². The van der Waals surface area contributed by atoms with E-state index in [4.69, 9.17) is 0 Å². The molecular weight excluding hydrogens is 294 g/mol. The standard InChI is InChI=1S/C16H17N5S/c1-10-6-17-13(18-7-10)8-19-15-14-11-4-2-3-5-12(11)22-16(14)21-9-20-15/h6-7,9H,2-5,8H2,1H3,(H,19,20,21). The number of hydrogen-bond acceptors (Lipinski definition) is 6. The van der Waals surface area contributed by atoms with Gasteiger partial charge in [-0.1, -0.05) is 0 Å². The molecule has 6 heteroatoms. The molecule has 112 valence electrons. The van der Waals surface area contributed by atoms with Crippen molar-refractivity contribution in [1.29, 1.82) is 0 Å². The number of rotatable bonds is 3. The number of aryl methyl sites for hydroxylation is 3. The minimum Gasteiger partial charge on any atom is -0.362 e. The summed E-state index contributed by atoms with van der Waals surface area (Å²) in [6.07, 6.45) is 10.2. The maximum atomic E-state index is 4.45. The van der Waals surface area contributed by atoms with Gasteiger partial charge in [-0.3, -0.25) is 0 Å². The highest BCUT2D eigenvalue weighted by atomic mass is 32.1. The molecule has 5 nitrogen and oxygen atoms in total. The lowest BCUT2D eigenvalue weighted by molar-refractivity contribution is 0.700. The van der Waals surface area contributed by atoms with Crippen molar-refractivity contribution >= 4 is 27.4 Å². The number of anilines is 1. The van der Waals surface area contributed by atoms with Gasteiger partial charge < -0.3 is 5.32 Å². The van der Waals surface area contributed by atoms with Crippen molar-refractivity contribution < 1.29 is 0 Å². The average molecular weight is 311 g/mol. The fourth-order valence-corrected chi connectivity index (χ4v) is 4.13. The smallest absolute Gasteiger partial charge is 0.147 e. The van der Waals surface area contributed by atoms with Crippen molar-refractivity contribution in [2.75, 3.05) is 5.32 Å². The van der Waals surface area contributed by atoms with Crippen LogP contribution in [-0.4, -0.2) is 19.9 Å². The van der Waals surface area contributed by atoms with Crippen LogP contribution < -0.4 is 5.32 Å². The molecule has 0 unspecified atom stereocenters. The Morgan fingerprint density at radius 2 is 1.91 bits per heavy atom. The third-order valence-electron chi connectivity index (χ3n) is 4.00. The molecule has 0 bridgehead atoms. The van der Waals surface area contributed by atoms with E-state index in [-0.39, 0.29) is 0 Å². The minimum atomic E-state index is 0.580. The Morgan fingerprint density at radius 3 is 2.77 bits per heavy atom. The van der Waals surface area contributed by atoms with Crippen LogP contribution in [0.4, 0.5) is 5.82 Å². The predicted molar refractivity (Wildman–Crippen MR) is 88.2 cm³/mol. The molecule has 3 heterocycles. The summed E-state index contributed by atoms with van der Waals surface area (Å²) in [7, 11) is 0. The van der Waals surface area contributed by atoms with Gasteiger partial charge in [-0.15, -0.1) is 11.3 Å². The lowest BCUT2D eigenvalue weighted by atomic mass is 9.97. The van der Waals surface area contributed by atoms with Crippen LogP contribution in [0.15, 0.2) is 18.7 Å². The largest absolute Gasteiger partial charge is 0.362 e. The van der Waals surface area contributed by atoms with E-state index in [0.717, 1.165) is 28.5 Å². The highest BCUT2D eigenvalue weighted by Gasteiger charge is 2.19. The summed E-state index contributed by atoms with van der Waals surface area (Å²) >= 11 is 1.82. The lowest BCUT2D eigenvalue weighted by Crippen LogP contribution is -2.07. The molecule has 1 aliphatic rings. The van der Waals surface area contributed by atoms with Crippen molar-refractivity contribution in [1.82, 2.24) is 19.9 Å². The summed E-state index contributed by atoms with van der Waals surface area (Å²) in [6.45, 7) is 2.57. The number of aromatic nitrogens is 4. The maximum Gasteiger partial charge on any atom is 0.147 e. The van der Waals surface area contributed by atoms with E-state index in [1.807, 2.05) is 30.7 Å². The van der Waals surface area contributed by atoms with E-state index in [0.29, 0.717) is 6.54 Å².